The first-order valence-corrected chi connectivity index (χ1v) is 11.5. The maximum absolute atomic E-state index is 13.8. The van der Waals surface area contributed by atoms with Crippen LogP contribution in [-0.2, 0) is 20.0 Å². The molecular formula is C27H33F2N5O. The third-order valence-corrected chi connectivity index (χ3v) is 6.24. The highest BCUT2D eigenvalue weighted by Crippen LogP contribution is 2.29. The van der Waals surface area contributed by atoms with E-state index in [1.807, 2.05) is 32.1 Å². The van der Waals surface area contributed by atoms with Crippen molar-refractivity contribution in [2.75, 3.05) is 20.6 Å². The fraction of sp³-hybridized carbons (Fsp3) is 0.370. The second-order valence-electron chi connectivity index (χ2n) is 8.81. The molecule has 0 N–H and O–H groups in total. The van der Waals surface area contributed by atoms with Crippen LogP contribution >= 0.6 is 0 Å². The molecule has 0 saturated heterocycles. The van der Waals surface area contributed by atoms with Crippen LogP contribution in [-0.4, -0.2) is 57.4 Å². The average Bonchev–Trinajstić information content (AvgIpc) is 2.82. The number of hydrogen-bond acceptors (Lipinski definition) is 5. The summed E-state index contributed by atoms with van der Waals surface area (Å²) in [6.07, 6.45) is 8.83. The Labute approximate surface area is 205 Å². The molecule has 0 spiro atoms. The van der Waals surface area contributed by atoms with Crippen molar-refractivity contribution in [2.45, 2.75) is 39.3 Å². The van der Waals surface area contributed by atoms with Gasteiger partial charge >= 0.3 is 0 Å². The van der Waals surface area contributed by atoms with Gasteiger partial charge < -0.3 is 4.90 Å². The van der Waals surface area contributed by atoms with E-state index in [0.717, 1.165) is 29.8 Å². The lowest BCUT2D eigenvalue weighted by Gasteiger charge is -2.34. The second kappa shape index (κ2) is 11.4. The van der Waals surface area contributed by atoms with Gasteiger partial charge in [0, 0.05) is 82.0 Å². The quantitative estimate of drug-likeness (QED) is 0.416. The van der Waals surface area contributed by atoms with Gasteiger partial charge in [-0.25, -0.2) is 13.8 Å². The summed E-state index contributed by atoms with van der Waals surface area (Å²) in [4.78, 5) is 24.7. The van der Waals surface area contributed by atoms with Gasteiger partial charge in [0.2, 0.25) is 0 Å². The Morgan fingerprint density at radius 2 is 2.03 bits per heavy atom. The van der Waals surface area contributed by atoms with Crippen molar-refractivity contribution >= 4 is 11.6 Å². The Morgan fingerprint density at radius 3 is 2.66 bits per heavy atom. The number of fused-ring (bicyclic) bond motifs is 1. The van der Waals surface area contributed by atoms with Crippen molar-refractivity contribution in [3.8, 4) is 0 Å². The van der Waals surface area contributed by atoms with Crippen molar-refractivity contribution < 1.29 is 8.78 Å². The summed E-state index contributed by atoms with van der Waals surface area (Å²) in [5, 5.41) is 0. The van der Waals surface area contributed by atoms with Crippen LogP contribution < -0.4 is 5.56 Å². The average molecular weight is 482 g/mol. The maximum Gasteiger partial charge on any atom is 0.278 e. The molecular weight excluding hydrogens is 448 g/mol. The van der Waals surface area contributed by atoms with E-state index in [9.17, 15) is 13.6 Å². The first-order chi connectivity index (χ1) is 16.7. The molecule has 6 nitrogen and oxygen atoms in total. The topological polar surface area (TPSA) is 54.3 Å². The molecule has 0 saturated carbocycles. The zero-order valence-corrected chi connectivity index (χ0v) is 21.0. The first-order valence-electron chi connectivity index (χ1n) is 11.5. The molecule has 35 heavy (non-hydrogen) atoms. The minimum absolute atomic E-state index is 0.0123. The van der Waals surface area contributed by atoms with E-state index in [1.165, 1.54) is 27.8 Å². The molecule has 0 radical (unpaired) electrons. The minimum Gasteiger partial charge on any atom is -0.376 e. The van der Waals surface area contributed by atoms with Gasteiger partial charge in [-0.05, 0) is 37.1 Å². The van der Waals surface area contributed by atoms with Gasteiger partial charge in [0.15, 0.2) is 0 Å². The summed E-state index contributed by atoms with van der Waals surface area (Å²) >= 11 is 0. The summed E-state index contributed by atoms with van der Waals surface area (Å²) < 4.78 is 29.1. The molecule has 0 amide bonds. The normalized spacial score (nSPS) is 16.3. The predicted octanol–water partition coefficient (Wildman–Crippen LogP) is 4.31. The van der Waals surface area contributed by atoms with Crippen LogP contribution in [0.5, 0.6) is 0 Å². The molecule has 0 aromatic carbocycles. The highest BCUT2D eigenvalue weighted by molar-refractivity contribution is 5.76. The molecule has 1 aliphatic rings. The smallest absolute Gasteiger partial charge is 0.278 e. The van der Waals surface area contributed by atoms with Crippen molar-refractivity contribution in [2.24, 2.45) is 7.05 Å². The van der Waals surface area contributed by atoms with Gasteiger partial charge in [-0.3, -0.25) is 19.2 Å². The number of nitrogens with zero attached hydrogens (tertiary/aromatic N) is 5. The van der Waals surface area contributed by atoms with Crippen LogP contribution in [0.2, 0.25) is 0 Å². The Bertz CT molecular complexity index is 1220. The summed E-state index contributed by atoms with van der Waals surface area (Å²) in [6.45, 7) is 9.19. The van der Waals surface area contributed by atoms with E-state index in [-0.39, 0.29) is 17.3 Å². The van der Waals surface area contributed by atoms with Crippen LogP contribution in [0, 0.1) is 0 Å². The van der Waals surface area contributed by atoms with Crippen LogP contribution in [0.1, 0.15) is 36.5 Å². The Morgan fingerprint density at radius 1 is 1.29 bits per heavy atom. The number of hydrogen-bond donors (Lipinski definition) is 0. The maximum atomic E-state index is 13.8. The fourth-order valence-electron chi connectivity index (χ4n) is 4.41. The summed E-state index contributed by atoms with van der Waals surface area (Å²) in [5.74, 6) is 0.592. The minimum atomic E-state index is -2.63. The van der Waals surface area contributed by atoms with Gasteiger partial charge in [-0.2, -0.15) is 0 Å². The largest absolute Gasteiger partial charge is 0.376 e. The molecule has 0 aliphatic carbocycles. The van der Waals surface area contributed by atoms with E-state index in [1.54, 1.807) is 27.3 Å². The Hall–Kier alpha value is -3.39. The van der Waals surface area contributed by atoms with Crippen molar-refractivity contribution in [1.29, 1.82) is 0 Å². The summed E-state index contributed by atoms with van der Waals surface area (Å²) in [6, 6.07) is 3.37. The van der Waals surface area contributed by atoms with Crippen LogP contribution in [0.15, 0.2) is 65.4 Å². The number of pyridine rings is 1. The van der Waals surface area contributed by atoms with Crippen molar-refractivity contribution in [3.05, 3.63) is 93.6 Å². The zero-order valence-electron chi connectivity index (χ0n) is 21.0. The number of aromatic nitrogens is 3. The highest BCUT2D eigenvalue weighted by Gasteiger charge is 2.25. The lowest BCUT2D eigenvalue weighted by atomic mass is 9.96. The first kappa shape index (κ1) is 26.2. The highest BCUT2D eigenvalue weighted by atomic mass is 19.3. The molecule has 8 heteroatoms. The Balaban J connectivity index is 1.97. The predicted molar refractivity (Wildman–Crippen MR) is 137 cm³/mol. The van der Waals surface area contributed by atoms with Gasteiger partial charge in [0.1, 0.15) is 5.82 Å². The van der Waals surface area contributed by atoms with E-state index >= 15 is 0 Å². The lowest BCUT2D eigenvalue weighted by molar-refractivity contribution is 0.158. The molecule has 1 aliphatic heterocycles. The van der Waals surface area contributed by atoms with Crippen molar-refractivity contribution in [3.63, 3.8) is 0 Å². The standard InChI is InChI=1S/C27H33F2N5O/c1-7-9-23(18(3)14-24-30-12-10-25(35)33(24)6)34-13-11-22-20(17-34)15-19(16-31-22)21(8-2)26(27(28)29)32(4)5/h7-10,12,14-16,23,27H,2,11,13,17H2,1,3-6H3/b9-7-,18-14-,26-21+. The molecule has 1 unspecified atom stereocenters. The zero-order chi connectivity index (χ0) is 25.7. The van der Waals surface area contributed by atoms with E-state index in [4.69, 9.17) is 0 Å². The van der Waals surface area contributed by atoms with Crippen LogP contribution in [0.3, 0.4) is 0 Å². The van der Waals surface area contributed by atoms with Gasteiger partial charge in [0.25, 0.3) is 12.0 Å². The Kier molecular flexibility index (Phi) is 8.51. The van der Waals surface area contributed by atoms with E-state index < -0.39 is 6.43 Å². The van der Waals surface area contributed by atoms with E-state index in [2.05, 4.69) is 27.5 Å². The van der Waals surface area contributed by atoms with Gasteiger partial charge in [-0.1, -0.05) is 24.8 Å². The summed E-state index contributed by atoms with van der Waals surface area (Å²) in [5.41, 5.74) is 3.85. The number of allylic oxidation sites excluding steroid dienone is 4. The van der Waals surface area contributed by atoms with Crippen LogP contribution in [0.4, 0.5) is 8.78 Å². The molecule has 186 valence electrons. The molecule has 3 rings (SSSR count). The SMILES string of the molecule is C=C/C(=C(/C(F)F)N(C)C)c1cnc2c(c1)CN(C(/C=C\C)/C(C)=C\c1nccc(=O)n1C)CC2. The molecule has 3 heterocycles. The number of alkyl halides is 2. The monoisotopic (exact) mass is 481 g/mol. The summed E-state index contributed by atoms with van der Waals surface area (Å²) in [7, 11) is 4.91. The molecule has 1 atom stereocenters. The number of halogens is 2. The van der Waals surface area contributed by atoms with Gasteiger partial charge in [-0.15, -0.1) is 0 Å². The molecule has 0 bridgehead atoms. The lowest BCUT2D eigenvalue weighted by Crippen LogP contribution is -2.39. The third kappa shape index (κ3) is 5.82. The molecule has 2 aromatic heterocycles. The van der Waals surface area contributed by atoms with E-state index in [0.29, 0.717) is 23.5 Å². The fourth-order valence-corrected chi connectivity index (χ4v) is 4.41. The molecule has 2 aromatic rings. The number of rotatable bonds is 8. The van der Waals surface area contributed by atoms with Gasteiger partial charge in [0.05, 0.1) is 5.70 Å². The van der Waals surface area contributed by atoms with Crippen molar-refractivity contribution in [1.82, 2.24) is 24.3 Å². The van der Waals surface area contributed by atoms with Crippen LogP contribution in [0.25, 0.3) is 11.6 Å². The second-order valence-corrected chi connectivity index (χ2v) is 8.81. The third-order valence-electron chi connectivity index (χ3n) is 6.24. The molecule has 0 fully saturated rings.